The molecule has 0 spiro atoms. The number of rotatable bonds is 2. The summed E-state index contributed by atoms with van der Waals surface area (Å²) in [6.07, 6.45) is 1.46. The number of hydrogen-bond acceptors (Lipinski definition) is 4. The van der Waals surface area contributed by atoms with Gasteiger partial charge in [0, 0.05) is 24.7 Å². The predicted octanol–water partition coefficient (Wildman–Crippen LogP) is 1.86. The van der Waals surface area contributed by atoms with Crippen molar-refractivity contribution in [3.05, 3.63) is 39.4 Å². The lowest BCUT2D eigenvalue weighted by Gasteiger charge is -2.36. The molecule has 1 amide bonds. The van der Waals surface area contributed by atoms with E-state index in [4.69, 9.17) is 5.73 Å². The Balaban J connectivity index is 2.36. The first-order chi connectivity index (χ1) is 9.41. The lowest BCUT2D eigenvalue weighted by atomic mass is 9.97. The third-order valence-corrected chi connectivity index (χ3v) is 3.84. The van der Waals surface area contributed by atoms with Gasteiger partial charge in [-0.2, -0.15) is 0 Å². The van der Waals surface area contributed by atoms with Gasteiger partial charge in [0.05, 0.1) is 4.92 Å². The van der Waals surface area contributed by atoms with Crippen molar-refractivity contribution < 1.29 is 9.72 Å². The van der Waals surface area contributed by atoms with Crippen LogP contribution in [0.2, 0.25) is 0 Å². The van der Waals surface area contributed by atoms with Crippen LogP contribution in [0.3, 0.4) is 0 Å². The molecule has 20 heavy (non-hydrogen) atoms. The number of benzene rings is 1. The largest absolute Gasteiger partial charge is 0.336 e. The molecule has 1 heterocycles. The Hall–Kier alpha value is -1.95. The fourth-order valence-corrected chi connectivity index (χ4v) is 2.74. The highest BCUT2D eigenvalue weighted by Crippen LogP contribution is 2.26. The van der Waals surface area contributed by atoms with Gasteiger partial charge in [0.1, 0.15) is 5.56 Å². The van der Waals surface area contributed by atoms with Crippen molar-refractivity contribution >= 4 is 11.6 Å². The number of aryl methyl sites for hydroxylation is 1. The van der Waals surface area contributed by atoms with Gasteiger partial charge in [-0.1, -0.05) is 12.1 Å². The lowest BCUT2D eigenvalue weighted by molar-refractivity contribution is -0.385. The van der Waals surface area contributed by atoms with Crippen LogP contribution in [0.4, 0.5) is 5.69 Å². The maximum atomic E-state index is 12.6. The number of nitrogens with zero attached hydrogens (tertiary/aromatic N) is 2. The van der Waals surface area contributed by atoms with Crippen LogP contribution in [0.15, 0.2) is 18.2 Å². The van der Waals surface area contributed by atoms with Crippen LogP contribution in [-0.4, -0.2) is 34.4 Å². The van der Waals surface area contributed by atoms with Gasteiger partial charge in [-0.3, -0.25) is 14.9 Å². The van der Waals surface area contributed by atoms with Crippen molar-refractivity contribution in [2.45, 2.75) is 38.8 Å². The Morgan fingerprint density at radius 2 is 2.20 bits per heavy atom. The summed E-state index contributed by atoms with van der Waals surface area (Å²) in [5.41, 5.74) is 6.59. The third-order valence-electron chi connectivity index (χ3n) is 3.84. The van der Waals surface area contributed by atoms with Crippen LogP contribution < -0.4 is 5.73 Å². The minimum Gasteiger partial charge on any atom is -0.336 e. The van der Waals surface area contributed by atoms with E-state index in [1.54, 1.807) is 24.0 Å². The van der Waals surface area contributed by atoms with E-state index in [9.17, 15) is 14.9 Å². The fraction of sp³-hybridized carbons (Fsp3) is 0.500. The molecule has 1 saturated heterocycles. The van der Waals surface area contributed by atoms with Crippen molar-refractivity contribution in [2.24, 2.45) is 5.73 Å². The van der Waals surface area contributed by atoms with E-state index in [0.29, 0.717) is 12.1 Å². The van der Waals surface area contributed by atoms with E-state index in [1.165, 1.54) is 6.07 Å². The van der Waals surface area contributed by atoms with Gasteiger partial charge in [0.2, 0.25) is 0 Å². The Morgan fingerprint density at radius 3 is 2.80 bits per heavy atom. The molecular weight excluding hydrogens is 258 g/mol. The number of amides is 1. The first-order valence-corrected chi connectivity index (χ1v) is 6.72. The summed E-state index contributed by atoms with van der Waals surface area (Å²) in [5, 5.41) is 11.1. The van der Waals surface area contributed by atoms with Gasteiger partial charge in [-0.15, -0.1) is 0 Å². The summed E-state index contributed by atoms with van der Waals surface area (Å²) in [6, 6.07) is 4.80. The quantitative estimate of drug-likeness (QED) is 0.660. The first-order valence-electron chi connectivity index (χ1n) is 6.72. The number of piperidine rings is 1. The highest BCUT2D eigenvalue weighted by molar-refractivity contribution is 5.99. The average Bonchev–Trinajstić information content (AvgIpc) is 2.37. The molecule has 0 aromatic heterocycles. The molecule has 1 aliphatic heterocycles. The third kappa shape index (κ3) is 2.65. The van der Waals surface area contributed by atoms with Crippen LogP contribution in [-0.2, 0) is 0 Å². The van der Waals surface area contributed by atoms with E-state index >= 15 is 0 Å². The van der Waals surface area contributed by atoms with E-state index < -0.39 is 4.92 Å². The van der Waals surface area contributed by atoms with E-state index in [2.05, 4.69) is 0 Å². The maximum absolute atomic E-state index is 12.6. The second-order valence-corrected chi connectivity index (χ2v) is 5.36. The molecule has 1 aromatic rings. The van der Waals surface area contributed by atoms with Gasteiger partial charge in [0.15, 0.2) is 0 Å². The smallest absolute Gasteiger partial charge is 0.282 e. The van der Waals surface area contributed by atoms with Crippen LogP contribution in [0.5, 0.6) is 0 Å². The molecule has 1 aliphatic rings. The number of hydrogen-bond donors (Lipinski definition) is 1. The molecule has 2 unspecified atom stereocenters. The molecule has 1 fully saturated rings. The Morgan fingerprint density at radius 1 is 1.50 bits per heavy atom. The Bertz CT molecular complexity index is 544. The molecule has 108 valence electrons. The van der Waals surface area contributed by atoms with Gasteiger partial charge >= 0.3 is 0 Å². The number of carbonyl (C=O) groups is 1. The topological polar surface area (TPSA) is 89.5 Å². The molecule has 0 saturated carbocycles. The first kappa shape index (κ1) is 14.5. The number of nitro benzene ring substituents is 1. The normalized spacial score (nSPS) is 22.6. The van der Waals surface area contributed by atoms with Crippen LogP contribution in [0, 0.1) is 17.0 Å². The summed E-state index contributed by atoms with van der Waals surface area (Å²) in [4.78, 5) is 24.9. The molecular formula is C14H19N3O3. The predicted molar refractivity (Wildman–Crippen MR) is 75.5 cm³/mol. The van der Waals surface area contributed by atoms with Gasteiger partial charge in [-0.05, 0) is 32.3 Å². The van der Waals surface area contributed by atoms with Crippen molar-refractivity contribution in [2.75, 3.05) is 6.54 Å². The SMILES string of the molecule is Cc1cccc([N+](=O)[O-])c1C(=O)N1CCC(N)CC1C. The number of nitro groups is 1. The number of nitrogens with two attached hydrogens (primary N) is 1. The van der Waals surface area contributed by atoms with Crippen molar-refractivity contribution in [3.8, 4) is 0 Å². The van der Waals surface area contributed by atoms with Gasteiger partial charge in [0.25, 0.3) is 11.6 Å². The highest BCUT2D eigenvalue weighted by atomic mass is 16.6. The fourth-order valence-electron chi connectivity index (χ4n) is 2.74. The van der Waals surface area contributed by atoms with Crippen molar-refractivity contribution in [1.29, 1.82) is 0 Å². The average molecular weight is 277 g/mol. The van der Waals surface area contributed by atoms with Crippen molar-refractivity contribution in [1.82, 2.24) is 4.90 Å². The Labute approximate surface area is 117 Å². The van der Waals surface area contributed by atoms with E-state index in [0.717, 1.165) is 12.8 Å². The summed E-state index contributed by atoms with van der Waals surface area (Å²) in [5.74, 6) is -0.269. The van der Waals surface area contributed by atoms with Crippen LogP contribution in [0.1, 0.15) is 35.7 Å². The summed E-state index contributed by atoms with van der Waals surface area (Å²) < 4.78 is 0. The van der Waals surface area contributed by atoms with Crippen LogP contribution >= 0.6 is 0 Å². The molecule has 1 aromatic carbocycles. The number of carbonyl (C=O) groups excluding carboxylic acids is 1. The maximum Gasteiger partial charge on any atom is 0.282 e. The molecule has 6 heteroatoms. The molecule has 0 radical (unpaired) electrons. The highest BCUT2D eigenvalue weighted by Gasteiger charge is 2.32. The summed E-state index contributed by atoms with van der Waals surface area (Å²) >= 11 is 0. The zero-order chi connectivity index (χ0) is 14.9. The zero-order valence-corrected chi connectivity index (χ0v) is 11.7. The molecule has 2 atom stereocenters. The molecule has 2 rings (SSSR count). The zero-order valence-electron chi connectivity index (χ0n) is 11.7. The Kier molecular flexibility index (Phi) is 4.04. The second-order valence-electron chi connectivity index (χ2n) is 5.36. The van der Waals surface area contributed by atoms with E-state index in [1.807, 2.05) is 6.92 Å². The second kappa shape index (κ2) is 5.58. The minimum atomic E-state index is -0.499. The summed E-state index contributed by atoms with van der Waals surface area (Å²) in [6.45, 7) is 4.20. The van der Waals surface area contributed by atoms with Crippen LogP contribution in [0.25, 0.3) is 0 Å². The lowest BCUT2D eigenvalue weighted by Crippen LogP contribution is -2.48. The molecule has 6 nitrogen and oxygen atoms in total. The van der Waals surface area contributed by atoms with Crippen molar-refractivity contribution in [3.63, 3.8) is 0 Å². The molecule has 0 bridgehead atoms. The standard InChI is InChI=1S/C14H19N3O3/c1-9-4-3-5-12(17(19)20)13(9)14(18)16-7-6-11(15)8-10(16)2/h3-5,10-11H,6-8,15H2,1-2H3. The van der Waals surface area contributed by atoms with Gasteiger partial charge in [-0.25, -0.2) is 0 Å². The van der Waals surface area contributed by atoms with Gasteiger partial charge < -0.3 is 10.6 Å². The molecule has 0 aliphatic carbocycles. The van der Waals surface area contributed by atoms with E-state index in [-0.39, 0.29) is 29.2 Å². The summed E-state index contributed by atoms with van der Waals surface area (Å²) in [7, 11) is 0. The monoisotopic (exact) mass is 277 g/mol. The molecule has 2 N–H and O–H groups in total. The number of likely N-dealkylation sites (tertiary alicyclic amines) is 1. The minimum absolute atomic E-state index is 0.00506.